The molecule has 0 bridgehead atoms. The smallest absolute Gasteiger partial charge is 0.309 e. The molecule has 0 aliphatic carbocycles. The van der Waals surface area contributed by atoms with Crippen molar-refractivity contribution < 1.29 is 14.6 Å². The summed E-state index contributed by atoms with van der Waals surface area (Å²) in [6.45, 7) is 3.36. The van der Waals surface area contributed by atoms with Gasteiger partial charge in [-0.05, 0) is 26.3 Å². The number of nitrogens with zero attached hydrogens (tertiary/aromatic N) is 1. The highest BCUT2D eigenvalue weighted by Crippen LogP contribution is 2.26. The van der Waals surface area contributed by atoms with E-state index < -0.39 is 11.4 Å². The fourth-order valence-corrected chi connectivity index (χ4v) is 1.29. The van der Waals surface area contributed by atoms with E-state index in [1.165, 1.54) is 7.11 Å². The zero-order valence-corrected chi connectivity index (χ0v) is 9.15. The summed E-state index contributed by atoms with van der Waals surface area (Å²) in [6.07, 6.45) is 2.02. The van der Waals surface area contributed by atoms with Crippen molar-refractivity contribution in [3.63, 3.8) is 0 Å². The number of ether oxygens (including phenoxy) is 1. The van der Waals surface area contributed by atoms with Crippen LogP contribution in [0.25, 0.3) is 0 Å². The molecule has 0 amide bonds. The third-order valence-corrected chi connectivity index (χ3v) is 2.25. The Hall–Kier alpha value is -1.58. The van der Waals surface area contributed by atoms with Crippen molar-refractivity contribution in [2.24, 2.45) is 5.41 Å². The van der Waals surface area contributed by atoms with Crippen molar-refractivity contribution in [1.82, 2.24) is 4.98 Å². The molecular formula is C11H15NO3. The Morgan fingerprint density at radius 1 is 1.60 bits per heavy atom. The quantitative estimate of drug-likeness (QED) is 0.820. The number of hydrogen-bond donors (Lipinski definition) is 1. The van der Waals surface area contributed by atoms with Gasteiger partial charge >= 0.3 is 5.97 Å². The third kappa shape index (κ3) is 2.68. The largest absolute Gasteiger partial charge is 0.481 e. The second-order valence-corrected chi connectivity index (χ2v) is 4.04. The Morgan fingerprint density at radius 3 is 2.80 bits per heavy atom. The van der Waals surface area contributed by atoms with E-state index in [0.29, 0.717) is 12.3 Å². The van der Waals surface area contributed by atoms with Crippen LogP contribution in [0.2, 0.25) is 0 Å². The molecule has 4 heteroatoms. The maximum atomic E-state index is 11.0. The van der Waals surface area contributed by atoms with Crippen LogP contribution in [-0.4, -0.2) is 23.2 Å². The summed E-state index contributed by atoms with van der Waals surface area (Å²) in [5, 5.41) is 9.00. The van der Waals surface area contributed by atoms with E-state index in [1.54, 1.807) is 26.1 Å². The van der Waals surface area contributed by atoms with Crippen LogP contribution in [0.4, 0.5) is 0 Å². The fraction of sp³-hybridized carbons (Fsp3) is 0.455. The Bertz CT molecular complexity index is 361. The number of hydrogen-bond acceptors (Lipinski definition) is 3. The SMILES string of the molecule is COc1ncccc1CC(C)(C)C(=O)O. The van der Waals surface area contributed by atoms with Gasteiger partial charge in [0.1, 0.15) is 0 Å². The Kier molecular flexibility index (Phi) is 3.29. The van der Waals surface area contributed by atoms with Gasteiger partial charge in [0.2, 0.25) is 5.88 Å². The molecule has 0 radical (unpaired) electrons. The van der Waals surface area contributed by atoms with Crippen LogP contribution in [0.5, 0.6) is 5.88 Å². The standard InChI is InChI=1S/C11H15NO3/c1-11(2,10(13)14)7-8-5-4-6-12-9(8)15-3/h4-6H,7H2,1-3H3,(H,13,14). The minimum atomic E-state index is -0.826. The Balaban J connectivity index is 2.94. The van der Waals surface area contributed by atoms with Crippen LogP contribution >= 0.6 is 0 Å². The summed E-state index contributed by atoms with van der Waals surface area (Å²) in [5.41, 5.74) is 0.00319. The molecule has 1 heterocycles. The fourth-order valence-electron chi connectivity index (χ4n) is 1.29. The van der Waals surface area contributed by atoms with Crippen LogP contribution in [0.3, 0.4) is 0 Å². The molecule has 1 N–H and O–H groups in total. The molecule has 4 nitrogen and oxygen atoms in total. The van der Waals surface area contributed by atoms with Crippen LogP contribution in [0.1, 0.15) is 19.4 Å². The van der Waals surface area contributed by atoms with Crippen molar-refractivity contribution in [3.05, 3.63) is 23.9 Å². The maximum Gasteiger partial charge on any atom is 0.309 e. The van der Waals surface area contributed by atoms with E-state index in [2.05, 4.69) is 4.98 Å². The lowest BCUT2D eigenvalue weighted by molar-refractivity contribution is -0.146. The van der Waals surface area contributed by atoms with Crippen LogP contribution in [0.15, 0.2) is 18.3 Å². The molecule has 0 aromatic carbocycles. The summed E-state index contributed by atoms with van der Waals surface area (Å²) in [4.78, 5) is 15.0. The van der Waals surface area contributed by atoms with Gasteiger partial charge in [0, 0.05) is 11.8 Å². The predicted octanol–water partition coefficient (Wildman–Crippen LogP) is 1.74. The second kappa shape index (κ2) is 4.29. The number of carboxylic acid groups (broad SMARTS) is 1. The van der Waals surface area contributed by atoms with E-state index in [-0.39, 0.29) is 0 Å². The zero-order chi connectivity index (χ0) is 11.5. The zero-order valence-electron chi connectivity index (χ0n) is 9.15. The molecule has 82 valence electrons. The van der Waals surface area contributed by atoms with Gasteiger partial charge in [0.05, 0.1) is 12.5 Å². The Labute approximate surface area is 88.9 Å². The van der Waals surface area contributed by atoms with Crippen molar-refractivity contribution in [2.45, 2.75) is 20.3 Å². The molecule has 1 aromatic rings. The maximum absolute atomic E-state index is 11.0. The van der Waals surface area contributed by atoms with Crippen molar-refractivity contribution >= 4 is 5.97 Å². The van der Waals surface area contributed by atoms with Gasteiger partial charge < -0.3 is 9.84 Å². The van der Waals surface area contributed by atoms with E-state index in [9.17, 15) is 4.79 Å². The van der Waals surface area contributed by atoms with E-state index in [4.69, 9.17) is 9.84 Å². The molecule has 1 rings (SSSR count). The monoisotopic (exact) mass is 209 g/mol. The molecule has 0 aliphatic rings. The minimum Gasteiger partial charge on any atom is -0.481 e. The summed E-state index contributed by atoms with van der Waals surface area (Å²) < 4.78 is 5.07. The first-order chi connectivity index (χ1) is 6.97. The average molecular weight is 209 g/mol. The van der Waals surface area contributed by atoms with E-state index in [0.717, 1.165) is 5.56 Å². The van der Waals surface area contributed by atoms with Crippen LogP contribution in [0, 0.1) is 5.41 Å². The Morgan fingerprint density at radius 2 is 2.27 bits per heavy atom. The van der Waals surface area contributed by atoms with Crippen molar-refractivity contribution in [2.75, 3.05) is 7.11 Å². The highest BCUT2D eigenvalue weighted by Gasteiger charge is 2.28. The lowest BCUT2D eigenvalue weighted by atomic mass is 9.86. The normalized spacial score (nSPS) is 11.1. The number of aliphatic carboxylic acids is 1. The van der Waals surface area contributed by atoms with Crippen molar-refractivity contribution in [1.29, 1.82) is 0 Å². The third-order valence-electron chi connectivity index (χ3n) is 2.25. The molecule has 0 atom stereocenters. The van der Waals surface area contributed by atoms with E-state index >= 15 is 0 Å². The van der Waals surface area contributed by atoms with Gasteiger partial charge in [-0.3, -0.25) is 4.79 Å². The molecule has 0 aliphatic heterocycles. The number of carboxylic acids is 1. The van der Waals surface area contributed by atoms with Gasteiger partial charge in [0.15, 0.2) is 0 Å². The number of rotatable bonds is 4. The number of carbonyl (C=O) groups is 1. The molecule has 1 aromatic heterocycles. The van der Waals surface area contributed by atoms with Crippen LogP contribution in [-0.2, 0) is 11.2 Å². The summed E-state index contributed by atoms with van der Waals surface area (Å²) in [7, 11) is 1.53. The van der Waals surface area contributed by atoms with Gasteiger partial charge in [-0.15, -0.1) is 0 Å². The van der Waals surface area contributed by atoms with Gasteiger partial charge in [0.25, 0.3) is 0 Å². The topological polar surface area (TPSA) is 59.4 Å². The molecule has 0 spiro atoms. The van der Waals surface area contributed by atoms with Crippen molar-refractivity contribution in [3.8, 4) is 5.88 Å². The molecule has 0 saturated heterocycles. The first-order valence-electron chi connectivity index (χ1n) is 4.68. The highest BCUT2D eigenvalue weighted by molar-refractivity contribution is 5.74. The van der Waals surface area contributed by atoms with E-state index in [1.807, 2.05) is 6.07 Å². The van der Waals surface area contributed by atoms with Gasteiger partial charge in [-0.1, -0.05) is 6.07 Å². The lowest BCUT2D eigenvalue weighted by Crippen LogP contribution is -2.26. The summed E-state index contributed by atoms with van der Waals surface area (Å²) in [6, 6.07) is 3.60. The minimum absolute atomic E-state index is 0.402. The van der Waals surface area contributed by atoms with Crippen LogP contribution < -0.4 is 4.74 Å². The number of aromatic nitrogens is 1. The average Bonchev–Trinajstić information content (AvgIpc) is 2.18. The highest BCUT2D eigenvalue weighted by atomic mass is 16.5. The number of pyridine rings is 1. The molecular weight excluding hydrogens is 194 g/mol. The summed E-state index contributed by atoms with van der Waals surface area (Å²) in [5.74, 6) is -0.333. The number of methoxy groups -OCH3 is 1. The molecule has 0 unspecified atom stereocenters. The first kappa shape index (κ1) is 11.5. The van der Waals surface area contributed by atoms with Gasteiger partial charge in [-0.2, -0.15) is 0 Å². The molecule has 15 heavy (non-hydrogen) atoms. The molecule has 0 fully saturated rings. The predicted molar refractivity (Wildman–Crippen MR) is 55.9 cm³/mol. The summed E-state index contributed by atoms with van der Waals surface area (Å²) >= 11 is 0. The lowest BCUT2D eigenvalue weighted by Gasteiger charge is -2.19. The molecule has 0 saturated carbocycles. The van der Waals surface area contributed by atoms with Gasteiger partial charge in [-0.25, -0.2) is 4.98 Å². The first-order valence-corrected chi connectivity index (χ1v) is 4.68. The second-order valence-electron chi connectivity index (χ2n) is 4.04.